The molecule has 1 heterocycles. The van der Waals surface area contributed by atoms with Crippen molar-refractivity contribution in [3.05, 3.63) is 23.8 Å². The maximum atomic E-state index is 11.2. The first kappa shape index (κ1) is 15.2. The summed E-state index contributed by atoms with van der Waals surface area (Å²) in [4.78, 5) is 11.2. The second-order valence-electron chi connectivity index (χ2n) is 4.91. The van der Waals surface area contributed by atoms with Crippen LogP contribution in [0, 0.1) is 0 Å². The van der Waals surface area contributed by atoms with E-state index < -0.39 is 12.0 Å². The van der Waals surface area contributed by atoms with Gasteiger partial charge >= 0.3 is 5.97 Å². The van der Waals surface area contributed by atoms with Gasteiger partial charge in [0.15, 0.2) is 11.5 Å². The molecule has 21 heavy (non-hydrogen) atoms. The molecule has 6 nitrogen and oxygen atoms in total. The molecule has 0 amide bonds. The van der Waals surface area contributed by atoms with E-state index in [1.807, 2.05) is 25.1 Å². The molecule has 0 saturated carbocycles. The van der Waals surface area contributed by atoms with Crippen molar-refractivity contribution >= 4 is 11.7 Å². The van der Waals surface area contributed by atoms with Crippen LogP contribution < -0.4 is 9.47 Å². The van der Waals surface area contributed by atoms with Gasteiger partial charge in [0.2, 0.25) is 0 Å². The number of rotatable bonds is 5. The third-order valence-corrected chi connectivity index (χ3v) is 3.59. The molecular formula is C15H20N2O4. The van der Waals surface area contributed by atoms with E-state index in [0.717, 1.165) is 17.7 Å². The zero-order valence-corrected chi connectivity index (χ0v) is 12.5. The minimum atomic E-state index is -0.823. The molecule has 0 aliphatic carbocycles. The van der Waals surface area contributed by atoms with Gasteiger partial charge in [-0.2, -0.15) is 5.10 Å². The lowest BCUT2D eigenvalue weighted by Crippen LogP contribution is -2.32. The Labute approximate surface area is 124 Å². The van der Waals surface area contributed by atoms with E-state index in [1.54, 1.807) is 19.2 Å². The lowest BCUT2D eigenvalue weighted by atomic mass is 10.1. The minimum absolute atomic E-state index is 0.528. The molecule has 0 unspecified atom stereocenters. The molecule has 0 bridgehead atoms. The number of carbonyl (C=O) groups is 1. The third kappa shape index (κ3) is 3.26. The molecule has 1 fully saturated rings. The highest BCUT2D eigenvalue weighted by Gasteiger charge is 2.29. The zero-order valence-electron chi connectivity index (χ0n) is 12.5. The number of methoxy groups -OCH3 is 2. The minimum Gasteiger partial charge on any atom is -0.493 e. The van der Waals surface area contributed by atoms with E-state index >= 15 is 0 Å². The third-order valence-electron chi connectivity index (χ3n) is 3.59. The average molecular weight is 292 g/mol. The summed E-state index contributed by atoms with van der Waals surface area (Å²) < 4.78 is 10.5. The van der Waals surface area contributed by atoms with Crippen LogP contribution in [0.1, 0.15) is 25.3 Å². The molecule has 1 N–H and O–H groups in total. The van der Waals surface area contributed by atoms with Crippen molar-refractivity contribution in [1.29, 1.82) is 0 Å². The summed E-state index contributed by atoms with van der Waals surface area (Å²) in [5, 5.41) is 15.3. The van der Waals surface area contributed by atoms with Gasteiger partial charge in [-0.1, -0.05) is 0 Å². The van der Waals surface area contributed by atoms with Crippen molar-refractivity contribution in [2.45, 2.75) is 25.8 Å². The Bertz CT molecular complexity index is 557. The van der Waals surface area contributed by atoms with E-state index in [-0.39, 0.29) is 0 Å². The number of ether oxygens (including phenoxy) is 2. The van der Waals surface area contributed by atoms with Gasteiger partial charge in [0.05, 0.1) is 19.9 Å². The van der Waals surface area contributed by atoms with Crippen LogP contribution in [0.25, 0.3) is 0 Å². The summed E-state index contributed by atoms with van der Waals surface area (Å²) >= 11 is 0. The molecule has 1 aliphatic rings. The van der Waals surface area contributed by atoms with Crippen LogP contribution in [0.3, 0.4) is 0 Å². The summed E-state index contributed by atoms with van der Waals surface area (Å²) in [5.41, 5.74) is 1.63. The summed E-state index contributed by atoms with van der Waals surface area (Å²) in [6.45, 7) is 2.53. The number of hydrogen-bond donors (Lipinski definition) is 1. The number of carboxylic acid groups (broad SMARTS) is 1. The van der Waals surface area contributed by atoms with E-state index in [4.69, 9.17) is 9.47 Å². The first-order chi connectivity index (χ1) is 10.1. The number of benzene rings is 1. The van der Waals surface area contributed by atoms with Crippen LogP contribution in [0.2, 0.25) is 0 Å². The predicted molar refractivity (Wildman–Crippen MR) is 79.1 cm³/mol. The predicted octanol–water partition coefficient (Wildman–Crippen LogP) is 1.98. The fourth-order valence-electron chi connectivity index (χ4n) is 2.43. The van der Waals surface area contributed by atoms with Gasteiger partial charge < -0.3 is 14.6 Å². The highest BCUT2D eigenvalue weighted by Crippen LogP contribution is 2.28. The molecule has 0 spiro atoms. The lowest BCUT2D eigenvalue weighted by molar-refractivity contribution is -0.142. The highest BCUT2D eigenvalue weighted by atomic mass is 16.5. The molecule has 114 valence electrons. The van der Waals surface area contributed by atoms with Crippen LogP contribution in [0.4, 0.5) is 0 Å². The number of carboxylic acids is 1. The molecule has 1 saturated heterocycles. The maximum Gasteiger partial charge on any atom is 0.328 e. The second-order valence-corrected chi connectivity index (χ2v) is 4.91. The van der Waals surface area contributed by atoms with E-state index in [1.165, 1.54) is 0 Å². The topological polar surface area (TPSA) is 71.4 Å². The fraction of sp³-hybridized carbons (Fsp3) is 0.467. The monoisotopic (exact) mass is 292 g/mol. The van der Waals surface area contributed by atoms with Gasteiger partial charge in [-0.15, -0.1) is 0 Å². The Morgan fingerprint density at radius 3 is 2.67 bits per heavy atom. The lowest BCUT2D eigenvalue weighted by Gasteiger charge is -2.19. The number of hydrogen-bond acceptors (Lipinski definition) is 5. The van der Waals surface area contributed by atoms with Gasteiger partial charge in [0.25, 0.3) is 0 Å². The summed E-state index contributed by atoms with van der Waals surface area (Å²) in [5.74, 6) is 0.454. The normalized spacial score (nSPS) is 18.7. The molecule has 1 aliphatic heterocycles. The molecule has 1 aromatic rings. The Morgan fingerprint density at radius 2 is 2.05 bits per heavy atom. The molecular weight excluding hydrogens is 272 g/mol. The summed E-state index contributed by atoms with van der Waals surface area (Å²) in [6, 6.07) is 5.00. The van der Waals surface area contributed by atoms with Gasteiger partial charge in [0, 0.05) is 12.1 Å². The van der Waals surface area contributed by atoms with Crippen molar-refractivity contribution in [2.75, 3.05) is 20.8 Å². The second kappa shape index (κ2) is 6.47. The fourth-order valence-corrected chi connectivity index (χ4v) is 2.43. The van der Waals surface area contributed by atoms with Gasteiger partial charge in [-0.25, -0.2) is 4.79 Å². The zero-order chi connectivity index (χ0) is 15.4. The Morgan fingerprint density at radius 1 is 1.33 bits per heavy atom. The SMILES string of the molecule is COc1ccc(/C(C)=N/N2CCC[C@H]2C(=O)O)cc1OC. The van der Waals surface area contributed by atoms with Crippen LogP contribution >= 0.6 is 0 Å². The largest absolute Gasteiger partial charge is 0.493 e. The smallest absolute Gasteiger partial charge is 0.328 e. The van der Waals surface area contributed by atoms with Crippen LogP contribution in [0.5, 0.6) is 11.5 Å². The van der Waals surface area contributed by atoms with Crippen molar-refractivity contribution in [2.24, 2.45) is 5.10 Å². The van der Waals surface area contributed by atoms with Crippen molar-refractivity contribution < 1.29 is 19.4 Å². The Hall–Kier alpha value is -2.24. The highest BCUT2D eigenvalue weighted by molar-refractivity contribution is 5.99. The average Bonchev–Trinajstić information content (AvgIpc) is 2.94. The standard InChI is InChI=1S/C15H20N2O4/c1-10(16-17-8-4-5-12(17)15(18)19)11-6-7-13(20-2)14(9-11)21-3/h6-7,9,12H,4-5,8H2,1-3H3,(H,18,19)/b16-10+/t12-/m0/s1. The Kier molecular flexibility index (Phi) is 4.67. The van der Waals surface area contributed by atoms with Gasteiger partial charge in [-0.05, 0) is 38.0 Å². The van der Waals surface area contributed by atoms with Crippen molar-refractivity contribution in [1.82, 2.24) is 5.01 Å². The van der Waals surface area contributed by atoms with Crippen LogP contribution in [-0.4, -0.2) is 48.6 Å². The maximum absolute atomic E-state index is 11.2. The van der Waals surface area contributed by atoms with Gasteiger partial charge in [0.1, 0.15) is 6.04 Å². The molecule has 0 radical (unpaired) electrons. The number of hydrazone groups is 1. The van der Waals surface area contributed by atoms with E-state index in [2.05, 4.69) is 5.10 Å². The quantitative estimate of drug-likeness (QED) is 0.840. The summed E-state index contributed by atoms with van der Waals surface area (Å²) in [6.07, 6.45) is 1.48. The first-order valence-electron chi connectivity index (χ1n) is 6.84. The van der Waals surface area contributed by atoms with Crippen LogP contribution in [0.15, 0.2) is 23.3 Å². The van der Waals surface area contributed by atoms with Crippen LogP contribution in [-0.2, 0) is 4.79 Å². The Balaban J connectivity index is 2.24. The number of nitrogens with zero attached hydrogens (tertiary/aromatic N) is 2. The number of aliphatic carboxylic acids is 1. The van der Waals surface area contributed by atoms with E-state index in [9.17, 15) is 9.90 Å². The molecule has 0 aromatic heterocycles. The molecule has 1 atom stereocenters. The van der Waals surface area contributed by atoms with Gasteiger partial charge in [-0.3, -0.25) is 5.01 Å². The summed E-state index contributed by atoms with van der Waals surface area (Å²) in [7, 11) is 3.16. The van der Waals surface area contributed by atoms with Crippen molar-refractivity contribution in [3.63, 3.8) is 0 Å². The molecule has 2 rings (SSSR count). The molecule has 1 aromatic carbocycles. The van der Waals surface area contributed by atoms with E-state index in [0.29, 0.717) is 24.5 Å². The van der Waals surface area contributed by atoms with Crippen molar-refractivity contribution in [3.8, 4) is 11.5 Å². The first-order valence-corrected chi connectivity index (χ1v) is 6.84. The molecule has 6 heteroatoms.